The predicted octanol–water partition coefficient (Wildman–Crippen LogP) is 1.47. The molecule has 2 aliphatic rings. The van der Waals surface area contributed by atoms with Crippen LogP contribution in [0.2, 0.25) is 0 Å². The summed E-state index contributed by atoms with van der Waals surface area (Å²) in [6, 6.07) is 7.72. The summed E-state index contributed by atoms with van der Waals surface area (Å²) in [4.78, 5) is 0.205. The van der Waals surface area contributed by atoms with Crippen molar-refractivity contribution in [2.24, 2.45) is 0 Å². The first-order chi connectivity index (χ1) is 10.6. The van der Waals surface area contributed by atoms with Gasteiger partial charge in [0.05, 0.1) is 35.8 Å². The van der Waals surface area contributed by atoms with Crippen LogP contribution in [0.3, 0.4) is 0 Å². The van der Waals surface area contributed by atoms with Crippen LogP contribution in [0.4, 0.5) is 0 Å². The van der Waals surface area contributed by atoms with Gasteiger partial charge in [0.25, 0.3) is 0 Å². The quantitative estimate of drug-likeness (QED) is 0.842. The van der Waals surface area contributed by atoms with Gasteiger partial charge in [0.15, 0.2) is 6.29 Å². The maximum atomic E-state index is 12.9. The third-order valence-electron chi connectivity index (χ3n) is 4.05. The second kappa shape index (κ2) is 6.34. The van der Waals surface area contributed by atoms with E-state index >= 15 is 0 Å². The lowest BCUT2D eigenvalue weighted by Gasteiger charge is -2.36. The Hall–Kier alpha value is -1.46. The Bertz CT molecular complexity index is 660. The monoisotopic (exact) mass is 322 g/mol. The molecule has 118 valence electrons. The first kappa shape index (κ1) is 15.4. The molecule has 0 N–H and O–H groups in total. The van der Waals surface area contributed by atoms with E-state index in [9.17, 15) is 8.42 Å². The molecule has 0 saturated carbocycles. The SMILES string of the molecule is N#Cc1ccc(S(=O)(=O)N2CCCC[C@H]2C2OCCO2)cc1. The molecule has 22 heavy (non-hydrogen) atoms. The van der Waals surface area contributed by atoms with Crippen LogP contribution in [0, 0.1) is 11.3 Å². The van der Waals surface area contributed by atoms with Crippen LogP contribution < -0.4 is 0 Å². The largest absolute Gasteiger partial charge is 0.349 e. The van der Waals surface area contributed by atoms with E-state index in [2.05, 4.69) is 0 Å². The fourth-order valence-electron chi connectivity index (χ4n) is 2.94. The van der Waals surface area contributed by atoms with E-state index in [0.29, 0.717) is 25.3 Å². The Morgan fingerprint density at radius 3 is 2.45 bits per heavy atom. The lowest BCUT2D eigenvalue weighted by Crippen LogP contribution is -2.50. The van der Waals surface area contributed by atoms with E-state index in [1.807, 2.05) is 6.07 Å². The summed E-state index contributed by atoms with van der Waals surface area (Å²) in [6.45, 7) is 1.48. The molecule has 2 fully saturated rings. The van der Waals surface area contributed by atoms with Crippen LogP contribution in [0.1, 0.15) is 24.8 Å². The first-order valence-corrected chi connectivity index (χ1v) is 8.82. The molecule has 2 aliphatic heterocycles. The van der Waals surface area contributed by atoms with Crippen LogP contribution in [0.15, 0.2) is 29.2 Å². The zero-order valence-corrected chi connectivity index (χ0v) is 13.0. The smallest absolute Gasteiger partial charge is 0.243 e. The zero-order chi connectivity index (χ0) is 15.6. The van der Waals surface area contributed by atoms with E-state index in [1.54, 1.807) is 0 Å². The molecule has 0 unspecified atom stereocenters. The van der Waals surface area contributed by atoms with Gasteiger partial charge in [-0.15, -0.1) is 0 Å². The van der Waals surface area contributed by atoms with Crippen LogP contribution >= 0.6 is 0 Å². The number of nitrogens with zero attached hydrogens (tertiary/aromatic N) is 2. The number of hydrogen-bond acceptors (Lipinski definition) is 5. The van der Waals surface area contributed by atoms with Gasteiger partial charge in [0, 0.05) is 6.54 Å². The second-order valence-electron chi connectivity index (χ2n) is 5.43. The molecule has 0 aromatic heterocycles. The Balaban J connectivity index is 1.89. The lowest BCUT2D eigenvalue weighted by atomic mass is 10.0. The van der Waals surface area contributed by atoms with Crippen molar-refractivity contribution in [3.8, 4) is 6.07 Å². The number of sulfonamides is 1. The summed E-state index contributed by atoms with van der Waals surface area (Å²) in [5, 5.41) is 8.82. The van der Waals surface area contributed by atoms with Gasteiger partial charge in [-0.3, -0.25) is 0 Å². The van der Waals surface area contributed by atoms with Crippen molar-refractivity contribution in [2.75, 3.05) is 19.8 Å². The maximum absolute atomic E-state index is 12.9. The van der Waals surface area contributed by atoms with Crippen molar-refractivity contribution in [3.05, 3.63) is 29.8 Å². The van der Waals surface area contributed by atoms with Gasteiger partial charge in [0.1, 0.15) is 0 Å². The number of benzene rings is 1. The summed E-state index contributed by atoms with van der Waals surface area (Å²) in [5.41, 5.74) is 0.441. The average Bonchev–Trinajstić information content (AvgIpc) is 3.09. The Morgan fingerprint density at radius 2 is 1.82 bits per heavy atom. The summed E-state index contributed by atoms with van der Waals surface area (Å²) >= 11 is 0. The molecule has 2 heterocycles. The van der Waals surface area contributed by atoms with Crippen molar-refractivity contribution in [3.63, 3.8) is 0 Å². The molecule has 2 saturated heterocycles. The summed E-state index contributed by atoms with van der Waals surface area (Å²) in [5.74, 6) is 0. The molecule has 0 radical (unpaired) electrons. The standard InChI is InChI=1S/C15H18N2O4S/c16-11-12-4-6-13(7-5-12)22(18,19)17-8-2-1-3-14(17)15-20-9-10-21-15/h4-7,14-15H,1-3,8-10H2/t14-/m0/s1. The number of piperidine rings is 1. The number of rotatable bonds is 3. The summed E-state index contributed by atoms with van der Waals surface area (Å²) in [7, 11) is -3.61. The molecule has 0 amide bonds. The predicted molar refractivity (Wildman–Crippen MR) is 78.4 cm³/mol. The maximum Gasteiger partial charge on any atom is 0.243 e. The van der Waals surface area contributed by atoms with E-state index in [0.717, 1.165) is 19.3 Å². The van der Waals surface area contributed by atoms with Crippen molar-refractivity contribution >= 4 is 10.0 Å². The van der Waals surface area contributed by atoms with Gasteiger partial charge < -0.3 is 9.47 Å². The Morgan fingerprint density at radius 1 is 1.14 bits per heavy atom. The third kappa shape index (κ3) is 2.88. The minimum absolute atomic E-state index is 0.205. The van der Waals surface area contributed by atoms with Crippen LogP contribution in [-0.2, 0) is 19.5 Å². The van der Waals surface area contributed by atoms with Gasteiger partial charge in [-0.25, -0.2) is 8.42 Å². The molecule has 1 atom stereocenters. The molecule has 0 spiro atoms. The average molecular weight is 322 g/mol. The van der Waals surface area contributed by atoms with E-state index in [1.165, 1.54) is 28.6 Å². The molecule has 7 heteroatoms. The van der Waals surface area contributed by atoms with Crippen LogP contribution in [-0.4, -0.2) is 44.8 Å². The fourth-order valence-corrected chi connectivity index (χ4v) is 4.62. The van der Waals surface area contributed by atoms with Gasteiger partial charge in [-0.2, -0.15) is 9.57 Å². The first-order valence-electron chi connectivity index (χ1n) is 7.38. The normalized spacial score (nSPS) is 24.2. The lowest BCUT2D eigenvalue weighted by molar-refractivity contribution is -0.0913. The topological polar surface area (TPSA) is 79.6 Å². The molecule has 0 bridgehead atoms. The molecule has 0 aliphatic carbocycles. The third-order valence-corrected chi connectivity index (χ3v) is 5.99. The van der Waals surface area contributed by atoms with Gasteiger partial charge in [0.2, 0.25) is 10.0 Å². The van der Waals surface area contributed by atoms with Crippen molar-refractivity contribution in [1.82, 2.24) is 4.31 Å². The van der Waals surface area contributed by atoms with Crippen LogP contribution in [0.5, 0.6) is 0 Å². The highest BCUT2D eigenvalue weighted by Gasteiger charge is 2.40. The Labute approximate surface area is 130 Å². The molecular weight excluding hydrogens is 304 g/mol. The highest BCUT2D eigenvalue weighted by Crippen LogP contribution is 2.29. The van der Waals surface area contributed by atoms with Gasteiger partial charge in [-0.05, 0) is 37.1 Å². The summed E-state index contributed by atoms with van der Waals surface area (Å²) < 4.78 is 38.3. The van der Waals surface area contributed by atoms with Gasteiger partial charge in [-0.1, -0.05) is 6.42 Å². The molecule has 1 aromatic rings. The number of hydrogen-bond donors (Lipinski definition) is 0. The Kier molecular flexibility index (Phi) is 4.45. The van der Waals surface area contributed by atoms with E-state index in [4.69, 9.17) is 14.7 Å². The molecule has 1 aromatic carbocycles. The number of ether oxygens (including phenoxy) is 2. The molecule has 6 nitrogen and oxygen atoms in total. The zero-order valence-electron chi connectivity index (χ0n) is 12.1. The van der Waals surface area contributed by atoms with Gasteiger partial charge >= 0.3 is 0 Å². The minimum Gasteiger partial charge on any atom is -0.349 e. The second-order valence-corrected chi connectivity index (χ2v) is 7.32. The van der Waals surface area contributed by atoms with Crippen molar-refractivity contribution in [2.45, 2.75) is 36.5 Å². The highest BCUT2D eigenvalue weighted by atomic mass is 32.2. The summed E-state index contributed by atoms with van der Waals surface area (Å²) in [6.07, 6.45) is 2.06. The fraction of sp³-hybridized carbons (Fsp3) is 0.533. The molecule has 3 rings (SSSR count). The van der Waals surface area contributed by atoms with E-state index in [-0.39, 0.29) is 10.9 Å². The van der Waals surface area contributed by atoms with Crippen molar-refractivity contribution in [1.29, 1.82) is 5.26 Å². The van der Waals surface area contributed by atoms with E-state index < -0.39 is 16.3 Å². The molecular formula is C15H18N2O4S. The number of nitriles is 1. The van der Waals surface area contributed by atoms with Crippen LogP contribution in [0.25, 0.3) is 0 Å². The minimum atomic E-state index is -3.61. The highest BCUT2D eigenvalue weighted by molar-refractivity contribution is 7.89. The van der Waals surface area contributed by atoms with Crippen molar-refractivity contribution < 1.29 is 17.9 Å².